The fraction of sp³-hybridized carbons (Fsp3) is 0.308. The molecule has 0 unspecified atom stereocenters. The lowest BCUT2D eigenvalue weighted by Gasteiger charge is -2.21. The standard InChI is InChI=1S/C52H56N2O2S/c1-49(2,3)33-25-28-40-37(30-33)38-31-34(50(4,5)6)26-29-41(38)53(40)42-19-13-15-22-46(42)57(55,56)47-23-16-14-20-43(47)54-44-21-17-18-39(52(10,11)12)48(44)36-27-24-35(32-45(36)54)51(7,8)9/h13-32H,1-12H3. The van der Waals surface area contributed by atoms with Crippen LogP contribution in [0.3, 0.4) is 0 Å². The van der Waals surface area contributed by atoms with Crippen molar-refractivity contribution in [3.63, 3.8) is 0 Å². The molecule has 0 aliphatic rings. The Bertz CT molecular complexity index is 2930. The van der Waals surface area contributed by atoms with E-state index in [2.05, 4.69) is 165 Å². The van der Waals surface area contributed by atoms with Gasteiger partial charge in [0.05, 0.1) is 43.2 Å². The zero-order chi connectivity index (χ0) is 41.0. The van der Waals surface area contributed by atoms with Gasteiger partial charge in [-0.25, -0.2) is 8.42 Å². The van der Waals surface area contributed by atoms with Crippen LogP contribution < -0.4 is 0 Å². The summed E-state index contributed by atoms with van der Waals surface area (Å²) in [7, 11) is -4.11. The van der Waals surface area contributed by atoms with E-state index in [0.717, 1.165) is 43.6 Å². The topological polar surface area (TPSA) is 44.0 Å². The second-order valence-corrected chi connectivity index (χ2v) is 21.9. The van der Waals surface area contributed by atoms with Gasteiger partial charge in [0, 0.05) is 21.5 Å². The second-order valence-electron chi connectivity index (χ2n) is 20.0. The molecule has 8 aromatic rings. The lowest BCUT2D eigenvalue weighted by Crippen LogP contribution is -2.12. The van der Waals surface area contributed by atoms with E-state index in [-0.39, 0.29) is 31.5 Å². The van der Waals surface area contributed by atoms with Gasteiger partial charge in [-0.3, -0.25) is 0 Å². The first-order chi connectivity index (χ1) is 26.6. The van der Waals surface area contributed by atoms with E-state index in [9.17, 15) is 0 Å². The van der Waals surface area contributed by atoms with Crippen LogP contribution in [-0.2, 0) is 31.5 Å². The highest BCUT2D eigenvalue weighted by Gasteiger charge is 2.30. The Balaban J connectivity index is 1.43. The van der Waals surface area contributed by atoms with E-state index in [1.54, 1.807) is 12.1 Å². The summed E-state index contributed by atoms with van der Waals surface area (Å²) in [5.41, 5.74) is 9.77. The van der Waals surface area contributed by atoms with E-state index in [1.165, 1.54) is 22.3 Å². The van der Waals surface area contributed by atoms with Gasteiger partial charge >= 0.3 is 0 Å². The first-order valence-electron chi connectivity index (χ1n) is 20.2. The van der Waals surface area contributed by atoms with E-state index in [0.29, 0.717) is 11.4 Å². The molecule has 6 aromatic carbocycles. The molecule has 0 fully saturated rings. The van der Waals surface area contributed by atoms with Crippen LogP contribution in [-0.4, -0.2) is 17.6 Å². The first-order valence-corrected chi connectivity index (χ1v) is 21.7. The molecule has 0 N–H and O–H groups in total. The summed E-state index contributed by atoms with van der Waals surface area (Å²) in [4.78, 5) is 0.534. The molecule has 0 atom stereocenters. The molecule has 2 aromatic heterocycles. The summed E-state index contributed by atoms with van der Waals surface area (Å²) in [5, 5.41) is 4.50. The van der Waals surface area contributed by atoms with Crippen molar-refractivity contribution in [2.24, 2.45) is 0 Å². The molecule has 292 valence electrons. The number of sulfone groups is 1. The Kier molecular flexibility index (Phi) is 8.79. The van der Waals surface area contributed by atoms with Gasteiger partial charge in [0.2, 0.25) is 9.84 Å². The minimum absolute atomic E-state index is 0.0523. The van der Waals surface area contributed by atoms with Crippen LogP contribution in [0.25, 0.3) is 55.0 Å². The number of nitrogens with zero attached hydrogens (tertiary/aromatic N) is 2. The lowest BCUT2D eigenvalue weighted by atomic mass is 9.83. The molecule has 0 aliphatic heterocycles. The smallest absolute Gasteiger partial charge is 0.210 e. The maximum Gasteiger partial charge on any atom is 0.210 e. The number of hydrogen-bond acceptors (Lipinski definition) is 2. The van der Waals surface area contributed by atoms with Crippen LogP contribution in [0, 0.1) is 0 Å². The average molecular weight is 773 g/mol. The normalized spacial score (nSPS) is 13.4. The number of fused-ring (bicyclic) bond motifs is 6. The minimum Gasteiger partial charge on any atom is -0.308 e. The van der Waals surface area contributed by atoms with Gasteiger partial charge in [-0.2, -0.15) is 0 Å². The Morgan fingerprint density at radius 1 is 0.386 bits per heavy atom. The predicted octanol–water partition coefficient (Wildman–Crippen LogP) is 13.9. The summed E-state index contributed by atoms with van der Waals surface area (Å²) in [6, 6.07) is 41.5. The van der Waals surface area contributed by atoms with E-state index in [1.807, 2.05) is 36.4 Å². The van der Waals surface area contributed by atoms with Crippen molar-refractivity contribution >= 4 is 53.4 Å². The van der Waals surface area contributed by atoms with E-state index >= 15 is 8.42 Å². The Labute approximate surface area is 339 Å². The van der Waals surface area contributed by atoms with Gasteiger partial charge in [-0.15, -0.1) is 0 Å². The molecule has 0 saturated carbocycles. The predicted molar refractivity (Wildman–Crippen MR) is 242 cm³/mol. The van der Waals surface area contributed by atoms with Gasteiger partial charge in [0.1, 0.15) is 0 Å². The molecule has 0 saturated heterocycles. The molecule has 8 rings (SSSR count). The molecular formula is C52H56N2O2S. The molecule has 0 spiro atoms. The van der Waals surface area contributed by atoms with E-state index in [4.69, 9.17) is 0 Å². The van der Waals surface area contributed by atoms with Crippen molar-refractivity contribution in [2.75, 3.05) is 0 Å². The Morgan fingerprint density at radius 3 is 1.30 bits per heavy atom. The third-order valence-corrected chi connectivity index (χ3v) is 13.6. The summed E-state index contributed by atoms with van der Waals surface area (Å²) in [6.45, 7) is 26.8. The van der Waals surface area contributed by atoms with Crippen molar-refractivity contribution in [1.82, 2.24) is 9.13 Å². The van der Waals surface area contributed by atoms with E-state index < -0.39 is 9.84 Å². The number of hydrogen-bond donors (Lipinski definition) is 0. The third kappa shape index (κ3) is 6.39. The van der Waals surface area contributed by atoms with Crippen LogP contribution in [0.5, 0.6) is 0 Å². The number of para-hydroxylation sites is 2. The van der Waals surface area contributed by atoms with Gasteiger partial charge in [-0.05, 0) is 105 Å². The lowest BCUT2D eigenvalue weighted by molar-refractivity contribution is 0.590. The largest absolute Gasteiger partial charge is 0.308 e. The van der Waals surface area contributed by atoms with Gasteiger partial charge in [-0.1, -0.05) is 144 Å². The minimum atomic E-state index is -4.11. The van der Waals surface area contributed by atoms with Crippen LogP contribution in [0.1, 0.15) is 105 Å². The monoisotopic (exact) mass is 772 g/mol. The molecule has 0 bridgehead atoms. The quantitative estimate of drug-likeness (QED) is 0.179. The van der Waals surface area contributed by atoms with Gasteiger partial charge < -0.3 is 9.13 Å². The highest BCUT2D eigenvalue weighted by atomic mass is 32.2. The van der Waals surface area contributed by atoms with Crippen molar-refractivity contribution in [2.45, 2.75) is 115 Å². The third-order valence-electron chi connectivity index (χ3n) is 11.8. The van der Waals surface area contributed by atoms with Crippen molar-refractivity contribution in [3.05, 3.63) is 144 Å². The number of aromatic nitrogens is 2. The maximum atomic E-state index is 15.6. The molecule has 4 nitrogen and oxygen atoms in total. The van der Waals surface area contributed by atoms with Crippen molar-refractivity contribution in [3.8, 4) is 11.4 Å². The summed E-state index contributed by atoms with van der Waals surface area (Å²) >= 11 is 0. The van der Waals surface area contributed by atoms with Crippen LogP contribution in [0.2, 0.25) is 0 Å². The summed E-state index contributed by atoms with van der Waals surface area (Å²) in [6.07, 6.45) is 0. The molecular weight excluding hydrogens is 717 g/mol. The molecule has 2 heterocycles. The second kappa shape index (κ2) is 12.9. The highest BCUT2D eigenvalue weighted by Crippen LogP contribution is 2.44. The van der Waals surface area contributed by atoms with Gasteiger partial charge in [0.15, 0.2) is 0 Å². The number of benzene rings is 6. The molecule has 5 heteroatoms. The van der Waals surface area contributed by atoms with Crippen molar-refractivity contribution in [1.29, 1.82) is 0 Å². The summed E-state index contributed by atoms with van der Waals surface area (Å²) in [5.74, 6) is 0. The van der Waals surface area contributed by atoms with Crippen LogP contribution in [0.15, 0.2) is 131 Å². The fourth-order valence-corrected chi connectivity index (χ4v) is 10.1. The Morgan fingerprint density at radius 2 is 0.825 bits per heavy atom. The Hall–Kier alpha value is -5.13. The zero-order valence-corrected chi connectivity index (χ0v) is 36.5. The fourth-order valence-electron chi connectivity index (χ4n) is 8.49. The van der Waals surface area contributed by atoms with Crippen LogP contribution in [0.4, 0.5) is 0 Å². The maximum absolute atomic E-state index is 15.6. The molecule has 57 heavy (non-hydrogen) atoms. The average Bonchev–Trinajstić information content (AvgIpc) is 3.65. The van der Waals surface area contributed by atoms with Crippen molar-refractivity contribution < 1.29 is 8.42 Å². The number of rotatable bonds is 4. The zero-order valence-electron chi connectivity index (χ0n) is 35.7. The molecule has 0 amide bonds. The van der Waals surface area contributed by atoms with Crippen LogP contribution >= 0.6 is 0 Å². The first kappa shape index (κ1) is 38.7. The molecule has 0 radical (unpaired) electrons. The summed E-state index contributed by atoms with van der Waals surface area (Å²) < 4.78 is 35.6. The highest BCUT2D eigenvalue weighted by molar-refractivity contribution is 7.91. The van der Waals surface area contributed by atoms with Gasteiger partial charge in [0.25, 0.3) is 0 Å². The SMILES string of the molecule is CC(C)(C)c1ccc2c(c1)c1cc(C(C)(C)C)ccc1n2-c1ccccc1S(=O)(=O)c1ccccc1-n1c2cc(C(C)(C)C)ccc2c2c(C(C)(C)C)cccc21. The molecule has 0 aliphatic carbocycles.